The Morgan fingerprint density at radius 1 is 0.484 bits per heavy atom. The van der Waals surface area contributed by atoms with Gasteiger partial charge in [0.2, 0.25) is 0 Å². The number of esters is 2. The molecule has 0 rings (SSSR count). The van der Waals surface area contributed by atoms with Crippen molar-refractivity contribution in [3.05, 3.63) is 48.6 Å². The van der Waals surface area contributed by atoms with Gasteiger partial charge in [-0.25, -0.2) is 4.57 Å². The second-order valence-electron chi connectivity index (χ2n) is 18.9. The van der Waals surface area contributed by atoms with Gasteiger partial charge in [0.1, 0.15) is 19.8 Å². The van der Waals surface area contributed by atoms with Gasteiger partial charge in [0.25, 0.3) is 0 Å². The molecule has 0 aromatic rings. The van der Waals surface area contributed by atoms with Gasteiger partial charge in [0.15, 0.2) is 6.10 Å². The molecule has 0 fully saturated rings. The van der Waals surface area contributed by atoms with Crippen molar-refractivity contribution in [3.8, 4) is 0 Å². The van der Waals surface area contributed by atoms with Crippen molar-refractivity contribution in [2.45, 2.75) is 238 Å². The summed E-state index contributed by atoms with van der Waals surface area (Å²) < 4.78 is 34.4. The highest BCUT2D eigenvalue weighted by atomic mass is 31.2. The summed E-state index contributed by atoms with van der Waals surface area (Å²) in [6.07, 6.45) is 56.0. The lowest BCUT2D eigenvalue weighted by Gasteiger charge is -2.24. The highest BCUT2D eigenvalue weighted by molar-refractivity contribution is 7.47. The van der Waals surface area contributed by atoms with Gasteiger partial charge in [-0.05, 0) is 77.0 Å². The Kier molecular flexibility index (Phi) is 44.6. The molecule has 0 heterocycles. The number of hydrogen-bond acceptors (Lipinski definition) is 7. The standard InChI is InChI=1S/C54H100NO8P/c1-6-8-10-12-14-16-18-20-21-22-23-24-25-26-27-28-29-30-31-32-33-35-37-39-41-43-45-47-54(57)63-52(51-62-64(58,59)61-49-48-55(3,4)5)50-60-53(56)46-44-42-40-38-36-34-19-17-15-13-11-9-7-2/h17-20,22-23,25-26,52H,6-16,21,24,27-51H2,1-5H3/p+1/b19-17-,20-18-,23-22-,26-25-. The molecule has 1 N–H and O–H groups in total. The third-order valence-corrected chi connectivity index (χ3v) is 12.3. The van der Waals surface area contributed by atoms with E-state index in [0.717, 1.165) is 70.6 Å². The summed E-state index contributed by atoms with van der Waals surface area (Å²) in [7, 11) is 1.47. The molecule has 0 amide bonds. The van der Waals surface area contributed by atoms with E-state index in [1.54, 1.807) is 0 Å². The first kappa shape index (κ1) is 62.0. The molecule has 0 aromatic heterocycles. The van der Waals surface area contributed by atoms with E-state index >= 15 is 0 Å². The zero-order valence-electron chi connectivity index (χ0n) is 42.3. The molecular weight excluding hydrogens is 822 g/mol. The molecule has 0 radical (unpaired) electrons. The number of carbonyl (C=O) groups excluding carboxylic acids is 2. The average Bonchev–Trinajstić information content (AvgIpc) is 3.25. The Morgan fingerprint density at radius 2 is 0.844 bits per heavy atom. The zero-order chi connectivity index (χ0) is 47.1. The van der Waals surface area contributed by atoms with Gasteiger partial charge < -0.3 is 18.9 Å². The number of likely N-dealkylation sites (N-methyl/N-ethyl adjacent to an activating group) is 1. The monoisotopic (exact) mass is 923 g/mol. The number of phosphoric acid groups is 1. The van der Waals surface area contributed by atoms with E-state index in [0.29, 0.717) is 17.4 Å². The van der Waals surface area contributed by atoms with Crippen LogP contribution < -0.4 is 0 Å². The van der Waals surface area contributed by atoms with E-state index in [1.165, 1.54) is 128 Å². The molecule has 0 aliphatic rings. The van der Waals surface area contributed by atoms with Crippen molar-refractivity contribution < 1.29 is 42.1 Å². The summed E-state index contributed by atoms with van der Waals surface area (Å²) in [6, 6.07) is 0. The SMILES string of the molecule is CCCCCC/C=C\CCCCCCCC(=O)OCC(COP(=O)(O)OCC[N+](C)(C)C)OC(=O)CCCCCCCCCCCCCC/C=C\C/C=C\C/C=C\CCCCCCC. The molecular formula is C54H101NO8P+. The van der Waals surface area contributed by atoms with Gasteiger partial charge in [0, 0.05) is 12.8 Å². The largest absolute Gasteiger partial charge is 0.472 e. The highest BCUT2D eigenvalue weighted by Gasteiger charge is 2.27. The van der Waals surface area contributed by atoms with E-state index < -0.39 is 26.5 Å². The number of carbonyl (C=O) groups is 2. The number of nitrogens with zero attached hydrogens (tertiary/aromatic N) is 1. The van der Waals surface area contributed by atoms with Crippen LogP contribution >= 0.6 is 7.82 Å². The van der Waals surface area contributed by atoms with Crippen LogP contribution in [0.5, 0.6) is 0 Å². The van der Waals surface area contributed by atoms with Crippen molar-refractivity contribution in [3.63, 3.8) is 0 Å². The van der Waals surface area contributed by atoms with Crippen LogP contribution in [-0.2, 0) is 32.7 Å². The fraction of sp³-hybridized carbons (Fsp3) is 0.815. The summed E-state index contributed by atoms with van der Waals surface area (Å²) in [5, 5.41) is 0. The minimum absolute atomic E-state index is 0.0295. The van der Waals surface area contributed by atoms with Gasteiger partial charge in [-0.3, -0.25) is 18.6 Å². The molecule has 0 aliphatic heterocycles. The van der Waals surface area contributed by atoms with Gasteiger partial charge >= 0.3 is 19.8 Å². The van der Waals surface area contributed by atoms with Crippen molar-refractivity contribution in [1.82, 2.24) is 0 Å². The predicted octanol–water partition coefficient (Wildman–Crippen LogP) is 15.8. The van der Waals surface area contributed by atoms with Crippen LogP contribution in [0.25, 0.3) is 0 Å². The first-order chi connectivity index (χ1) is 31.0. The summed E-state index contributed by atoms with van der Waals surface area (Å²) in [5.74, 6) is -0.807. The van der Waals surface area contributed by atoms with Gasteiger partial charge in [-0.15, -0.1) is 0 Å². The lowest BCUT2D eigenvalue weighted by Crippen LogP contribution is -2.37. The van der Waals surface area contributed by atoms with E-state index in [1.807, 2.05) is 21.1 Å². The summed E-state index contributed by atoms with van der Waals surface area (Å²) in [5.41, 5.74) is 0. The fourth-order valence-corrected chi connectivity index (χ4v) is 7.93. The maximum Gasteiger partial charge on any atom is 0.472 e. The quantitative estimate of drug-likeness (QED) is 0.0211. The van der Waals surface area contributed by atoms with Crippen LogP contribution in [0.1, 0.15) is 232 Å². The molecule has 2 atom stereocenters. The van der Waals surface area contributed by atoms with Crippen LogP contribution in [0, 0.1) is 0 Å². The Morgan fingerprint density at radius 3 is 1.28 bits per heavy atom. The molecule has 0 saturated carbocycles. The molecule has 9 nitrogen and oxygen atoms in total. The Labute approximate surface area is 394 Å². The van der Waals surface area contributed by atoms with Gasteiger partial charge in [-0.2, -0.15) is 0 Å². The van der Waals surface area contributed by atoms with Crippen molar-refractivity contribution in [1.29, 1.82) is 0 Å². The lowest BCUT2D eigenvalue weighted by molar-refractivity contribution is -0.870. The minimum Gasteiger partial charge on any atom is -0.462 e. The Bertz CT molecular complexity index is 1230. The van der Waals surface area contributed by atoms with Crippen LogP contribution in [0.3, 0.4) is 0 Å². The highest BCUT2D eigenvalue weighted by Crippen LogP contribution is 2.43. The fourth-order valence-electron chi connectivity index (χ4n) is 7.19. The van der Waals surface area contributed by atoms with Crippen molar-refractivity contribution in [2.75, 3.05) is 47.5 Å². The molecule has 0 aliphatic carbocycles. The summed E-state index contributed by atoms with van der Waals surface area (Å²) >= 11 is 0. The predicted molar refractivity (Wildman–Crippen MR) is 270 cm³/mol. The van der Waals surface area contributed by atoms with Crippen LogP contribution in [0.15, 0.2) is 48.6 Å². The molecule has 0 spiro atoms. The number of hydrogen-bond donors (Lipinski definition) is 1. The van der Waals surface area contributed by atoms with Gasteiger partial charge in [0.05, 0.1) is 27.7 Å². The maximum absolute atomic E-state index is 12.8. The molecule has 0 saturated heterocycles. The lowest BCUT2D eigenvalue weighted by atomic mass is 10.0. The zero-order valence-corrected chi connectivity index (χ0v) is 43.2. The normalized spacial score (nSPS) is 13.8. The number of phosphoric ester groups is 1. The number of allylic oxidation sites excluding steroid dienone is 8. The molecule has 0 bridgehead atoms. The van der Waals surface area contributed by atoms with Crippen molar-refractivity contribution >= 4 is 19.8 Å². The third-order valence-electron chi connectivity index (χ3n) is 11.3. The van der Waals surface area contributed by atoms with Crippen molar-refractivity contribution in [2.24, 2.45) is 0 Å². The van der Waals surface area contributed by atoms with E-state index in [-0.39, 0.29) is 32.0 Å². The Hall–Kier alpha value is -2.03. The number of unbranched alkanes of at least 4 members (excludes halogenated alkanes) is 26. The summed E-state index contributed by atoms with van der Waals surface area (Å²) in [4.78, 5) is 35.5. The van der Waals surface area contributed by atoms with Crippen LogP contribution in [-0.4, -0.2) is 74.9 Å². The van der Waals surface area contributed by atoms with E-state index in [9.17, 15) is 19.0 Å². The number of ether oxygens (including phenoxy) is 2. The first-order valence-corrected chi connectivity index (χ1v) is 27.9. The topological polar surface area (TPSA) is 108 Å². The molecule has 10 heteroatoms. The first-order valence-electron chi connectivity index (χ1n) is 26.4. The molecule has 374 valence electrons. The number of quaternary nitrogens is 1. The summed E-state index contributed by atoms with van der Waals surface area (Å²) in [6.45, 7) is 4.40. The van der Waals surface area contributed by atoms with Gasteiger partial charge in [-0.1, -0.05) is 191 Å². The number of rotatable bonds is 48. The molecule has 0 aromatic carbocycles. The second kappa shape index (κ2) is 46.1. The van der Waals surface area contributed by atoms with Crippen LogP contribution in [0.4, 0.5) is 0 Å². The minimum atomic E-state index is -4.38. The maximum atomic E-state index is 12.8. The third kappa shape index (κ3) is 49.4. The molecule has 2 unspecified atom stereocenters. The smallest absolute Gasteiger partial charge is 0.462 e. The Balaban J connectivity index is 4.17. The average molecular weight is 923 g/mol. The molecule has 64 heavy (non-hydrogen) atoms. The van der Waals surface area contributed by atoms with E-state index in [2.05, 4.69) is 62.5 Å². The van der Waals surface area contributed by atoms with Crippen LogP contribution in [0.2, 0.25) is 0 Å². The second-order valence-corrected chi connectivity index (χ2v) is 20.4. The van der Waals surface area contributed by atoms with E-state index in [4.69, 9.17) is 18.5 Å².